The number of aliphatic hydroxyl groups is 2. The van der Waals surface area contributed by atoms with Crippen LogP contribution < -0.4 is 0 Å². The fourth-order valence-electron chi connectivity index (χ4n) is 9.38. The zero-order chi connectivity index (χ0) is 39.4. The minimum absolute atomic E-state index is 0.183. The van der Waals surface area contributed by atoms with Crippen LogP contribution in [0.4, 0.5) is 0 Å². The van der Waals surface area contributed by atoms with Crippen molar-refractivity contribution in [2.45, 2.75) is 186 Å². The summed E-state index contributed by atoms with van der Waals surface area (Å²) >= 11 is -2.09. The highest BCUT2D eigenvalue weighted by atomic mass is 32.2. The first-order valence-corrected chi connectivity index (χ1v) is 20.3. The normalized spacial score (nSPS) is 49.8. The molecule has 2 bridgehead atoms. The van der Waals surface area contributed by atoms with Crippen LogP contribution in [0, 0.1) is 17.8 Å². The molecule has 53 heavy (non-hydrogen) atoms. The van der Waals surface area contributed by atoms with Gasteiger partial charge in [-0.05, 0) is 80.5 Å². The summed E-state index contributed by atoms with van der Waals surface area (Å²) < 4.78 is 70.3. The summed E-state index contributed by atoms with van der Waals surface area (Å²) in [7, 11) is 3.51. The second-order valence-electron chi connectivity index (χ2n) is 16.8. The number of hydrogen-bond acceptors (Lipinski definition) is 14. The van der Waals surface area contributed by atoms with Crippen molar-refractivity contribution >= 4 is 17.3 Å². The average molecular weight is 776 g/mol. The molecule has 5 rings (SSSR count). The van der Waals surface area contributed by atoms with E-state index in [4.69, 9.17) is 41.5 Å². The Hall–Kier alpha value is -1.24. The maximum Gasteiger partial charge on any atom is 0.311 e. The zero-order valence-corrected chi connectivity index (χ0v) is 34.7. The van der Waals surface area contributed by atoms with E-state index >= 15 is 0 Å². The molecule has 1 unspecified atom stereocenters. The van der Waals surface area contributed by atoms with Crippen molar-refractivity contribution in [1.29, 1.82) is 0 Å². The quantitative estimate of drug-likeness (QED) is 0.342. The lowest BCUT2D eigenvalue weighted by atomic mass is 9.78. The van der Waals surface area contributed by atoms with Crippen LogP contribution >= 0.6 is 0 Å². The van der Waals surface area contributed by atoms with Crippen LogP contribution in [0.3, 0.4) is 0 Å². The molecule has 15 heteroatoms. The summed E-state index contributed by atoms with van der Waals surface area (Å²) in [4.78, 5) is 16.5. The van der Waals surface area contributed by atoms with E-state index in [0.717, 1.165) is 12.1 Å². The predicted octanol–water partition coefficient (Wildman–Crippen LogP) is 3.92. The molecule has 0 radical (unpaired) electrons. The number of carbonyl (C=O) groups excluding carboxylic acids is 1. The average Bonchev–Trinajstić information content (AvgIpc) is 3.60. The molecule has 0 saturated carbocycles. The Kier molecular flexibility index (Phi) is 13.2. The highest BCUT2D eigenvalue weighted by molar-refractivity contribution is 7.75. The van der Waals surface area contributed by atoms with E-state index in [9.17, 15) is 19.2 Å². The van der Waals surface area contributed by atoms with E-state index in [1.54, 1.807) is 27.7 Å². The molecule has 0 aromatic heterocycles. The van der Waals surface area contributed by atoms with Crippen LogP contribution in [0.15, 0.2) is 11.3 Å². The smallest absolute Gasteiger partial charge is 0.311 e. The Morgan fingerprint density at radius 1 is 1.02 bits per heavy atom. The van der Waals surface area contributed by atoms with Crippen molar-refractivity contribution in [3.8, 4) is 0 Å². The summed E-state index contributed by atoms with van der Waals surface area (Å²) in [6, 6.07) is -0.216. The molecule has 5 aliphatic rings. The van der Waals surface area contributed by atoms with Gasteiger partial charge in [0.1, 0.15) is 47.5 Å². The number of likely N-dealkylation sites (N-methyl/N-ethyl adjacent to an activating group) is 1. The minimum atomic E-state index is -2.09. The van der Waals surface area contributed by atoms with Crippen molar-refractivity contribution in [1.82, 2.24) is 4.90 Å². The third-order valence-electron chi connectivity index (χ3n) is 12.7. The Labute approximate surface area is 318 Å². The number of cyclic esters (lactones) is 1. The number of esters is 1. The lowest BCUT2D eigenvalue weighted by Gasteiger charge is -2.48. The summed E-state index contributed by atoms with van der Waals surface area (Å²) in [5, 5.41) is 22.7. The molecule has 18 atom stereocenters. The second-order valence-corrected chi connectivity index (χ2v) is 17.5. The van der Waals surface area contributed by atoms with Gasteiger partial charge in [-0.15, -0.1) is 0 Å². The highest BCUT2D eigenvalue weighted by Crippen LogP contribution is 2.49. The van der Waals surface area contributed by atoms with Crippen LogP contribution in [-0.2, 0) is 57.7 Å². The van der Waals surface area contributed by atoms with Gasteiger partial charge in [0.05, 0.1) is 29.8 Å². The lowest BCUT2D eigenvalue weighted by Crippen LogP contribution is -2.60. The first-order chi connectivity index (χ1) is 24.7. The molecule has 14 nitrogen and oxygen atoms in total. The van der Waals surface area contributed by atoms with Crippen molar-refractivity contribution < 1.29 is 60.7 Å². The van der Waals surface area contributed by atoms with Crippen molar-refractivity contribution in [2.75, 3.05) is 20.7 Å². The number of ether oxygens (including phenoxy) is 7. The maximum absolute atomic E-state index is 14.4. The van der Waals surface area contributed by atoms with E-state index in [-0.39, 0.29) is 18.6 Å². The fourth-order valence-corrected chi connectivity index (χ4v) is 10.4. The molecule has 5 aliphatic heterocycles. The van der Waals surface area contributed by atoms with E-state index < -0.39 is 107 Å². The first-order valence-electron chi connectivity index (χ1n) is 19.3. The van der Waals surface area contributed by atoms with Crippen LogP contribution in [-0.4, -0.2) is 130 Å². The molecule has 4 fully saturated rings. The van der Waals surface area contributed by atoms with E-state index in [0.29, 0.717) is 25.0 Å². The molecule has 0 amide bonds. The number of methoxy groups -OCH3 is 1. The van der Waals surface area contributed by atoms with Gasteiger partial charge in [-0.3, -0.25) is 13.2 Å². The molecule has 0 aliphatic carbocycles. The standard InChI is InChI=1S/C38H65NO13S/c1-14-26-38(11)33(51-53(43)52-38)21(5)29-19(3)17-37(10,50-29)32(49-35-28(40)25(39(12)15-2)16-20(4)45-35)22(6)30(23(7)34(42)47-26)48-27-18-36(9,44-13)31(41)24(8)46-27/h20-28,30-33,35,40-41H,14-18H2,1-13H3/t20-,21+,22+,23-,24+,25+,26-,27+,28-,30+,31+,32-,33-,35+,36-,37-,38-,53?/m1/s1. The highest BCUT2D eigenvalue weighted by Gasteiger charge is 2.60. The van der Waals surface area contributed by atoms with Crippen molar-refractivity contribution in [3.63, 3.8) is 0 Å². The largest absolute Gasteiger partial charge is 0.489 e. The molecule has 5 heterocycles. The second kappa shape index (κ2) is 16.3. The van der Waals surface area contributed by atoms with Crippen LogP contribution in [0.25, 0.3) is 0 Å². The lowest BCUT2D eigenvalue weighted by molar-refractivity contribution is -0.317. The SMILES string of the molecule is CC[C@H]1OC(=O)[C@H](C)[C@@H](O[C@H]2C[C@@](C)(OC)[C@@H](O)[C@H](C)O2)[C@H](C)[C@@H](O[C@@H]2O[C@H](C)C[C@H](N(C)CC)[C@H]2O)[C@@]2(C)CC(C)=C(O2)[C@H](C)[C@H]2OS(=O)O[C@@]21C. The molecular weight excluding hydrogens is 710 g/mol. The van der Waals surface area contributed by atoms with Crippen LogP contribution in [0.5, 0.6) is 0 Å². The number of nitrogens with zero attached hydrogens (tertiary/aromatic N) is 1. The monoisotopic (exact) mass is 775 g/mol. The van der Waals surface area contributed by atoms with E-state index in [1.165, 1.54) is 7.11 Å². The Bertz CT molecular complexity index is 1370. The number of rotatable bonds is 8. The van der Waals surface area contributed by atoms with Gasteiger partial charge in [-0.25, -0.2) is 0 Å². The van der Waals surface area contributed by atoms with Crippen LogP contribution in [0.2, 0.25) is 0 Å². The molecule has 0 aromatic carbocycles. The molecule has 2 N–H and O–H groups in total. The Morgan fingerprint density at radius 2 is 1.70 bits per heavy atom. The first kappa shape index (κ1) is 42.9. The summed E-state index contributed by atoms with van der Waals surface area (Å²) in [5.41, 5.74) is -2.35. The number of hydrogen-bond donors (Lipinski definition) is 2. The number of carbonyl (C=O) groups is 1. The number of fused-ring (bicyclic) bond motifs is 3. The number of aliphatic hydroxyl groups excluding tert-OH is 2. The zero-order valence-electron chi connectivity index (χ0n) is 33.9. The topological polar surface area (TPSA) is 161 Å². The van der Waals surface area contributed by atoms with E-state index in [2.05, 4.69) is 4.90 Å². The molecular formula is C38H65NO13S. The molecule has 4 saturated heterocycles. The Balaban J connectivity index is 1.61. The van der Waals surface area contributed by atoms with Crippen LogP contribution in [0.1, 0.15) is 102 Å². The van der Waals surface area contributed by atoms with Gasteiger partial charge in [0.15, 0.2) is 12.6 Å². The van der Waals surface area contributed by atoms with Crippen molar-refractivity contribution in [2.24, 2.45) is 17.8 Å². The van der Waals surface area contributed by atoms with Gasteiger partial charge in [0.25, 0.3) is 0 Å². The predicted molar refractivity (Wildman–Crippen MR) is 194 cm³/mol. The van der Waals surface area contributed by atoms with Gasteiger partial charge in [-0.2, -0.15) is 4.21 Å². The fraction of sp³-hybridized carbons (Fsp3) is 0.921. The van der Waals surface area contributed by atoms with Gasteiger partial charge < -0.3 is 48.3 Å². The Morgan fingerprint density at radius 3 is 2.32 bits per heavy atom. The van der Waals surface area contributed by atoms with Gasteiger partial charge in [-0.1, -0.05) is 27.7 Å². The van der Waals surface area contributed by atoms with Gasteiger partial charge in [0.2, 0.25) is 0 Å². The molecule has 0 aromatic rings. The minimum Gasteiger partial charge on any atom is -0.489 e. The van der Waals surface area contributed by atoms with Crippen molar-refractivity contribution in [3.05, 3.63) is 11.3 Å². The maximum atomic E-state index is 14.4. The van der Waals surface area contributed by atoms with Gasteiger partial charge in [0, 0.05) is 37.8 Å². The van der Waals surface area contributed by atoms with Gasteiger partial charge >= 0.3 is 17.3 Å². The van der Waals surface area contributed by atoms with E-state index in [1.807, 2.05) is 55.5 Å². The summed E-state index contributed by atoms with van der Waals surface area (Å²) in [6.07, 6.45) is -6.34. The molecule has 0 spiro atoms. The molecule has 306 valence electrons. The third kappa shape index (κ3) is 8.14. The summed E-state index contributed by atoms with van der Waals surface area (Å²) in [6.45, 7) is 21.5. The third-order valence-corrected chi connectivity index (χ3v) is 13.6. The summed E-state index contributed by atoms with van der Waals surface area (Å²) in [5.74, 6) is -1.84.